The lowest BCUT2D eigenvalue weighted by Crippen LogP contribution is -2.04. The first-order valence-corrected chi connectivity index (χ1v) is 6.08. The van der Waals surface area contributed by atoms with Crippen LogP contribution in [0.15, 0.2) is 30.6 Å². The Kier molecular flexibility index (Phi) is 4.18. The van der Waals surface area contributed by atoms with Crippen LogP contribution in [0.1, 0.15) is 6.92 Å². The molecule has 0 saturated carbocycles. The summed E-state index contributed by atoms with van der Waals surface area (Å²) in [5.41, 5.74) is 1.59. The van der Waals surface area contributed by atoms with E-state index in [9.17, 15) is 0 Å². The molecule has 0 bridgehead atoms. The number of hydrogen-bond acceptors (Lipinski definition) is 5. The Morgan fingerprint density at radius 3 is 2.58 bits per heavy atom. The minimum Gasteiger partial charge on any atom is -0.496 e. The first-order chi connectivity index (χ1) is 9.31. The summed E-state index contributed by atoms with van der Waals surface area (Å²) in [6.45, 7) is 2.77. The van der Waals surface area contributed by atoms with Gasteiger partial charge in [0.2, 0.25) is 0 Å². The maximum Gasteiger partial charge on any atom is 0.187 e. The zero-order valence-corrected chi connectivity index (χ0v) is 11.3. The number of anilines is 1. The zero-order chi connectivity index (χ0) is 13.7. The van der Waals surface area contributed by atoms with Gasteiger partial charge >= 0.3 is 0 Å². The highest BCUT2D eigenvalue weighted by Crippen LogP contribution is 2.37. The third-order valence-corrected chi connectivity index (χ3v) is 2.71. The van der Waals surface area contributed by atoms with E-state index in [2.05, 4.69) is 15.3 Å². The number of hydrogen-bond donors (Lipinski definition) is 1. The van der Waals surface area contributed by atoms with E-state index in [1.807, 2.05) is 31.2 Å². The number of nitrogens with one attached hydrogen (secondary N) is 1. The summed E-state index contributed by atoms with van der Waals surface area (Å²) in [6, 6.07) is 7.69. The number of rotatable bonds is 5. The highest BCUT2D eigenvalue weighted by Gasteiger charge is 2.16. The molecule has 0 spiro atoms. The molecule has 5 nitrogen and oxygen atoms in total. The number of ether oxygens (including phenoxy) is 2. The van der Waals surface area contributed by atoms with Gasteiger partial charge in [-0.3, -0.25) is 0 Å². The van der Waals surface area contributed by atoms with Gasteiger partial charge in [0.05, 0.1) is 14.2 Å². The van der Waals surface area contributed by atoms with E-state index in [0.29, 0.717) is 17.3 Å². The second-order valence-corrected chi connectivity index (χ2v) is 3.83. The van der Waals surface area contributed by atoms with Crippen LogP contribution in [0.25, 0.3) is 11.3 Å². The van der Waals surface area contributed by atoms with Crippen LogP contribution in [0, 0.1) is 0 Å². The van der Waals surface area contributed by atoms with Crippen molar-refractivity contribution < 1.29 is 9.47 Å². The zero-order valence-electron chi connectivity index (χ0n) is 11.3. The first-order valence-electron chi connectivity index (χ1n) is 6.08. The fraction of sp³-hybridized carbons (Fsp3) is 0.286. The van der Waals surface area contributed by atoms with Crippen molar-refractivity contribution in [2.75, 3.05) is 26.1 Å². The SMILES string of the molecule is CCNc1ncnc(-c2ccccc2OC)c1OC. The van der Waals surface area contributed by atoms with Crippen molar-refractivity contribution in [3.8, 4) is 22.8 Å². The Hall–Kier alpha value is -2.30. The van der Waals surface area contributed by atoms with Crippen LogP contribution < -0.4 is 14.8 Å². The number of nitrogens with zero attached hydrogens (tertiary/aromatic N) is 2. The molecule has 0 aliphatic carbocycles. The summed E-state index contributed by atoms with van der Waals surface area (Å²) in [4.78, 5) is 8.51. The summed E-state index contributed by atoms with van der Waals surface area (Å²) < 4.78 is 10.8. The molecule has 2 aromatic rings. The van der Waals surface area contributed by atoms with Gasteiger partial charge in [0, 0.05) is 12.1 Å². The molecule has 1 heterocycles. The van der Waals surface area contributed by atoms with Crippen LogP contribution in [-0.4, -0.2) is 30.7 Å². The lowest BCUT2D eigenvalue weighted by molar-refractivity contribution is 0.409. The van der Waals surface area contributed by atoms with Crippen molar-refractivity contribution in [1.82, 2.24) is 9.97 Å². The van der Waals surface area contributed by atoms with E-state index in [1.54, 1.807) is 14.2 Å². The van der Waals surface area contributed by atoms with Gasteiger partial charge in [-0.25, -0.2) is 9.97 Å². The summed E-state index contributed by atoms with van der Waals surface area (Å²) in [5, 5.41) is 3.16. The van der Waals surface area contributed by atoms with E-state index < -0.39 is 0 Å². The van der Waals surface area contributed by atoms with Gasteiger partial charge in [0.15, 0.2) is 11.6 Å². The summed E-state index contributed by atoms with van der Waals surface area (Å²) in [5.74, 6) is 2.05. The molecule has 0 aliphatic heterocycles. The second-order valence-electron chi connectivity index (χ2n) is 3.83. The van der Waals surface area contributed by atoms with Crippen molar-refractivity contribution in [3.63, 3.8) is 0 Å². The van der Waals surface area contributed by atoms with Gasteiger partial charge < -0.3 is 14.8 Å². The molecule has 0 radical (unpaired) electrons. The molecule has 1 N–H and O–H groups in total. The predicted molar refractivity (Wildman–Crippen MR) is 74.7 cm³/mol. The molecule has 0 fully saturated rings. The van der Waals surface area contributed by atoms with Gasteiger partial charge in [-0.1, -0.05) is 12.1 Å². The molecule has 0 atom stereocenters. The van der Waals surface area contributed by atoms with Crippen LogP contribution in [0.2, 0.25) is 0 Å². The Labute approximate surface area is 112 Å². The van der Waals surface area contributed by atoms with E-state index in [4.69, 9.17) is 9.47 Å². The van der Waals surface area contributed by atoms with Crippen LogP contribution in [0.3, 0.4) is 0 Å². The Bertz CT molecular complexity index is 558. The molecule has 100 valence electrons. The van der Waals surface area contributed by atoms with E-state index in [1.165, 1.54) is 6.33 Å². The minimum atomic E-state index is 0.619. The molecule has 5 heteroatoms. The van der Waals surface area contributed by atoms with Crippen LogP contribution in [-0.2, 0) is 0 Å². The number of benzene rings is 1. The Balaban J connectivity index is 2.58. The maximum absolute atomic E-state index is 5.44. The highest BCUT2D eigenvalue weighted by molar-refractivity contribution is 5.76. The molecule has 0 aliphatic rings. The number of aromatic nitrogens is 2. The van der Waals surface area contributed by atoms with Gasteiger partial charge in [-0.05, 0) is 19.1 Å². The van der Waals surface area contributed by atoms with E-state index in [0.717, 1.165) is 17.9 Å². The molecule has 0 saturated heterocycles. The van der Waals surface area contributed by atoms with Gasteiger partial charge in [-0.2, -0.15) is 0 Å². The molecule has 1 aromatic carbocycles. The molecular weight excluding hydrogens is 242 g/mol. The van der Waals surface area contributed by atoms with Crippen molar-refractivity contribution in [1.29, 1.82) is 0 Å². The van der Waals surface area contributed by atoms with Crippen molar-refractivity contribution in [3.05, 3.63) is 30.6 Å². The van der Waals surface area contributed by atoms with Crippen molar-refractivity contribution >= 4 is 5.82 Å². The monoisotopic (exact) mass is 259 g/mol. The molecule has 2 rings (SSSR count). The molecule has 0 amide bonds. The van der Waals surface area contributed by atoms with E-state index in [-0.39, 0.29) is 0 Å². The van der Waals surface area contributed by atoms with Gasteiger partial charge in [-0.15, -0.1) is 0 Å². The summed E-state index contributed by atoms with van der Waals surface area (Å²) >= 11 is 0. The topological polar surface area (TPSA) is 56.3 Å². The fourth-order valence-electron chi connectivity index (χ4n) is 1.89. The van der Waals surface area contributed by atoms with Gasteiger partial charge in [0.25, 0.3) is 0 Å². The molecule has 0 unspecified atom stereocenters. The highest BCUT2D eigenvalue weighted by atomic mass is 16.5. The Morgan fingerprint density at radius 1 is 1.11 bits per heavy atom. The van der Waals surface area contributed by atoms with Crippen LogP contribution >= 0.6 is 0 Å². The Morgan fingerprint density at radius 2 is 1.89 bits per heavy atom. The fourth-order valence-corrected chi connectivity index (χ4v) is 1.89. The summed E-state index contributed by atoms with van der Waals surface area (Å²) in [7, 11) is 3.25. The lowest BCUT2D eigenvalue weighted by atomic mass is 10.1. The van der Waals surface area contributed by atoms with E-state index >= 15 is 0 Å². The molecular formula is C14H17N3O2. The number of methoxy groups -OCH3 is 2. The average Bonchev–Trinajstić information content (AvgIpc) is 2.47. The normalized spacial score (nSPS) is 10.1. The largest absolute Gasteiger partial charge is 0.496 e. The first kappa shape index (κ1) is 13.1. The van der Waals surface area contributed by atoms with Crippen molar-refractivity contribution in [2.45, 2.75) is 6.92 Å². The smallest absolute Gasteiger partial charge is 0.187 e. The quantitative estimate of drug-likeness (QED) is 0.894. The maximum atomic E-state index is 5.44. The van der Waals surface area contributed by atoms with Gasteiger partial charge in [0.1, 0.15) is 17.8 Å². The molecule has 1 aromatic heterocycles. The third kappa shape index (κ3) is 2.59. The average molecular weight is 259 g/mol. The van der Waals surface area contributed by atoms with Crippen LogP contribution in [0.5, 0.6) is 11.5 Å². The van der Waals surface area contributed by atoms with Crippen LogP contribution in [0.4, 0.5) is 5.82 Å². The molecule has 19 heavy (non-hydrogen) atoms. The lowest BCUT2D eigenvalue weighted by Gasteiger charge is -2.14. The third-order valence-electron chi connectivity index (χ3n) is 2.71. The van der Waals surface area contributed by atoms with Crippen molar-refractivity contribution in [2.24, 2.45) is 0 Å². The predicted octanol–water partition coefficient (Wildman–Crippen LogP) is 2.59. The minimum absolute atomic E-state index is 0.619. The second kappa shape index (κ2) is 6.04. The summed E-state index contributed by atoms with van der Waals surface area (Å²) in [6.07, 6.45) is 1.52. The standard InChI is InChI=1S/C14H17N3O2/c1-4-15-14-13(19-3)12(16-9-17-14)10-7-5-6-8-11(10)18-2/h5-9H,4H2,1-3H3,(H,15,16,17). The number of para-hydroxylation sites is 1.